The minimum absolute atomic E-state index is 0. The molecule has 0 saturated heterocycles. The van der Waals surface area contributed by atoms with Crippen LogP contribution in [0.1, 0.15) is 26.3 Å². The van der Waals surface area contributed by atoms with E-state index in [0.29, 0.717) is 11.3 Å². The van der Waals surface area contributed by atoms with Gasteiger partial charge in [-0.1, -0.05) is 92.6 Å². The van der Waals surface area contributed by atoms with Crippen molar-refractivity contribution in [1.82, 2.24) is 14.5 Å². The van der Waals surface area contributed by atoms with Gasteiger partial charge in [-0.15, -0.1) is 24.3 Å². The summed E-state index contributed by atoms with van der Waals surface area (Å²) in [6.45, 7) is 6.61. The van der Waals surface area contributed by atoms with Crippen LogP contribution in [0, 0.1) is 6.07 Å². The van der Waals surface area contributed by atoms with Gasteiger partial charge in [0, 0.05) is 56.0 Å². The molecule has 4 nitrogen and oxygen atoms in total. The molecule has 0 aliphatic heterocycles. The van der Waals surface area contributed by atoms with Gasteiger partial charge in [0.2, 0.25) is 0 Å². The summed E-state index contributed by atoms with van der Waals surface area (Å²) in [6.07, 6.45) is 3.99. The maximum absolute atomic E-state index is 10.8. The zero-order valence-corrected chi connectivity index (χ0v) is 27.6. The number of hydrogen-bond acceptors (Lipinski definition) is 3. The molecule has 7 rings (SSSR count). The van der Waals surface area contributed by atoms with Crippen LogP contribution in [0.4, 0.5) is 0 Å². The minimum Gasteiger partial charge on any atom is -0.507 e. The number of rotatable bonds is 5. The molecular formula is C40H32N3OPt-. The summed E-state index contributed by atoms with van der Waals surface area (Å²) in [5.74, 6) is 0.189. The minimum atomic E-state index is 0. The molecule has 0 bridgehead atoms. The van der Waals surface area contributed by atoms with Gasteiger partial charge >= 0.3 is 0 Å². The van der Waals surface area contributed by atoms with Gasteiger partial charge in [-0.25, -0.2) is 0 Å². The molecular weight excluding hydrogens is 734 g/mol. The van der Waals surface area contributed by atoms with Crippen LogP contribution in [0.5, 0.6) is 5.75 Å². The molecule has 0 spiro atoms. The van der Waals surface area contributed by atoms with Gasteiger partial charge in [-0.2, -0.15) is 0 Å². The van der Waals surface area contributed by atoms with Crippen molar-refractivity contribution in [3.63, 3.8) is 0 Å². The maximum Gasteiger partial charge on any atom is 0.124 e. The maximum atomic E-state index is 10.8. The summed E-state index contributed by atoms with van der Waals surface area (Å²) >= 11 is 0. The van der Waals surface area contributed by atoms with E-state index in [2.05, 4.69) is 121 Å². The van der Waals surface area contributed by atoms with Crippen molar-refractivity contribution in [2.45, 2.75) is 26.2 Å². The van der Waals surface area contributed by atoms with Gasteiger partial charge in [0.25, 0.3) is 0 Å². The first kappa shape index (κ1) is 30.2. The molecule has 3 heterocycles. The van der Waals surface area contributed by atoms with Crippen molar-refractivity contribution in [2.75, 3.05) is 0 Å². The first-order valence-corrected chi connectivity index (χ1v) is 14.8. The largest absolute Gasteiger partial charge is 0.507 e. The Bertz CT molecular complexity index is 2140. The number of pyridine rings is 2. The third kappa shape index (κ3) is 5.99. The Kier molecular flexibility index (Phi) is 8.27. The number of nitrogens with zero attached hydrogens (tertiary/aromatic N) is 3. The third-order valence-corrected chi connectivity index (χ3v) is 8.05. The number of benzene rings is 4. The Morgan fingerprint density at radius 3 is 2.16 bits per heavy atom. The van der Waals surface area contributed by atoms with Crippen molar-refractivity contribution >= 4 is 10.9 Å². The zero-order chi connectivity index (χ0) is 30.3. The zero-order valence-electron chi connectivity index (χ0n) is 25.3. The van der Waals surface area contributed by atoms with Gasteiger partial charge in [0.1, 0.15) is 5.75 Å². The first-order chi connectivity index (χ1) is 21.3. The van der Waals surface area contributed by atoms with Crippen LogP contribution < -0.4 is 0 Å². The molecule has 0 fully saturated rings. The van der Waals surface area contributed by atoms with E-state index in [4.69, 9.17) is 4.98 Å². The SMILES string of the molecule is CC(C)(C)c1ccnc(-c2[c-]c(-c3cc(-c4ccccc4-n4ccc5ccccc54)cc(-c4ccccc4O)n3)ccc2)c1.[Pt]. The Hall–Kier alpha value is -4.79. The van der Waals surface area contributed by atoms with Gasteiger partial charge in [-0.05, 0) is 64.4 Å². The number of hydrogen-bond donors (Lipinski definition) is 1. The summed E-state index contributed by atoms with van der Waals surface area (Å²) in [4.78, 5) is 9.75. The van der Waals surface area contributed by atoms with E-state index in [0.717, 1.165) is 44.8 Å². The number of fused-ring (bicyclic) bond motifs is 1. The van der Waals surface area contributed by atoms with E-state index in [1.165, 1.54) is 10.9 Å². The molecule has 0 saturated carbocycles. The summed E-state index contributed by atoms with van der Waals surface area (Å²) < 4.78 is 2.23. The normalized spacial score (nSPS) is 11.4. The Balaban J connectivity index is 0.00000357. The standard InChI is InChI=1S/C40H32N3O.Pt/c1-40(2,3)31-19-21-41-34(26-31)28-12-10-13-29(23-28)35-24-30(25-36(42-35)33-15-6-9-18-39(33)44)32-14-5-8-17-38(32)43-22-20-27-11-4-7-16-37(27)43;/h4-22,24-26,44H,1-3H3;/q-1;. The average molecular weight is 766 g/mol. The van der Waals surface area contributed by atoms with Crippen molar-refractivity contribution in [1.29, 1.82) is 0 Å². The Morgan fingerprint density at radius 1 is 0.667 bits per heavy atom. The van der Waals surface area contributed by atoms with E-state index < -0.39 is 0 Å². The molecule has 5 heteroatoms. The van der Waals surface area contributed by atoms with Crippen molar-refractivity contribution in [3.05, 3.63) is 145 Å². The topological polar surface area (TPSA) is 50.9 Å². The molecule has 0 aliphatic rings. The molecule has 4 aromatic carbocycles. The van der Waals surface area contributed by atoms with Crippen molar-refractivity contribution < 1.29 is 26.2 Å². The predicted molar refractivity (Wildman–Crippen MR) is 180 cm³/mol. The third-order valence-electron chi connectivity index (χ3n) is 8.05. The van der Waals surface area contributed by atoms with E-state index in [9.17, 15) is 5.11 Å². The Morgan fingerprint density at radius 2 is 1.36 bits per heavy atom. The second-order valence-corrected chi connectivity index (χ2v) is 12.1. The predicted octanol–water partition coefficient (Wildman–Crippen LogP) is 9.89. The molecule has 3 aromatic heterocycles. The molecule has 7 aromatic rings. The van der Waals surface area contributed by atoms with Crippen LogP contribution in [0.25, 0.3) is 61.5 Å². The molecule has 0 aliphatic carbocycles. The van der Waals surface area contributed by atoms with Gasteiger partial charge in [0.05, 0.1) is 16.9 Å². The molecule has 0 radical (unpaired) electrons. The number of phenolic OH excluding ortho intramolecular Hbond substituents is 1. The monoisotopic (exact) mass is 765 g/mol. The fraction of sp³-hybridized carbons (Fsp3) is 0.100. The summed E-state index contributed by atoms with van der Waals surface area (Å²) in [5.41, 5.74) is 10.3. The smallest absolute Gasteiger partial charge is 0.124 e. The van der Waals surface area contributed by atoms with E-state index in [-0.39, 0.29) is 32.2 Å². The first-order valence-electron chi connectivity index (χ1n) is 14.8. The van der Waals surface area contributed by atoms with E-state index >= 15 is 0 Å². The second-order valence-electron chi connectivity index (χ2n) is 12.1. The summed E-state index contributed by atoms with van der Waals surface area (Å²) in [6, 6.07) is 44.4. The number of phenols is 1. The summed E-state index contributed by atoms with van der Waals surface area (Å²) in [7, 11) is 0. The van der Waals surface area contributed by atoms with Gasteiger partial charge < -0.3 is 9.67 Å². The molecule has 0 atom stereocenters. The van der Waals surface area contributed by atoms with Crippen molar-refractivity contribution in [2.24, 2.45) is 0 Å². The fourth-order valence-corrected chi connectivity index (χ4v) is 5.69. The molecule has 45 heavy (non-hydrogen) atoms. The number of para-hydroxylation sites is 3. The molecule has 0 amide bonds. The number of aromatic nitrogens is 3. The van der Waals surface area contributed by atoms with Gasteiger partial charge in [0.15, 0.2) is 0 Å². The number of aromatic hydroxyl groups is 1. The fourth-order valence-electron chi connectivity index (χ4n) is 5.69. The summed E-state index contributed by atoms with van der Waals surface area (Å²) in [5, 5.41) is 12.0. The van der Waals surface area contributed by atoms with Crippen LogP contribution in [0.15, 0.2) is 134 Å². The van der Waals surface area contributed by atoms with Crippen LogP contribution in [0.2, 0.25) is 0 Å². The van der Waals surface area contributed by atoms with Crippen LogP contribution in [-0.4, -0.2) is 19.6 Å². The van der Waals surface area contributed by atoms with Crippen LogP contribution >= 0.6 is 0 Å². The van der Waals surface area contributed by atoms with E-state index in [1.807, 2.05) is 42.6 Å². The van der Waals surface area contributed by atoms with Crippen molar-refractivity contribution in [3.8, 4) is 56.3 Å². The molecule has 0 unspecified atom stereocenters. The second kappa shape index (κ2) is 12.3. The molecule has 1 N–H and O–H groups in total. The quantitative estimate of drug-likeness (QED) is 0.178. The van der Waals surface area contributed by atoms with E-state index in [1.54, 1.807) is 6.07 Å². The Labute approximate surface area is 278 Å². The van der Waals surface area contributed by atoms with Gasteiger partial charge in [-0.3, -0.25) is 9.97 Å². The molecule has 224 valence electrons. The van der Waals surface area contributed by atoms with Crippen LogP contribution in [0.3, 0.4) is 0 Å². The average Bonchev–Trinajstić information content (AvgIpc) is 3.49. The van der Waals surface area contributed by atoms with Crippen LogP contribution in [-0.2, 0) is 26.5 Å².